The van der Waals surface area contributed by atoms with Gasteiger partial charge < -0.3 is 20.3 Å². The number of rotatable bonds is 10. The van der Waals surface area contributed by atoms with Crippen molar-refractivity contribution in [2.45, 2.75) is 32.3 Å². The van der Waals surface area contributed by atoms with Gasteiger partial charge in [0.1, 0.15) is 30.4 Å². The van der Waals surface area contributed by atoms with Gasteiger partial charge in [-0.3, -0.25) is 24.5 Å². The molecule has 3 aliphatic heterocycles. The zero-order valence-corrected chi connectivity index (χ0v) is 32.1. The molecule has 3 fully saturated rings. The molecule has 4 N–H and O–H groups in total. The van der Waals surface area contributed by atoms with Gasteiger partial charge in [-0.2, -0.15) is 13.5 Å². The number of piperidine rings is 1. The summed E-state index contributed by atoms with van der Waals surface area (Å²) in [5.74, 6) is -2.03. The molecule has 0 spiro atoms. The van der Waals surface area contributed by atoms with E-state index in [9.17, 15) is 27.6 Å². The molecular formula is C39H39F2N9O7S. The van der Waals surface area contributed by atoms with Crippen LogP contribution in [0.4, 0.5) is 41.2 Å². The van der Waals surface area contributed by atoms with Crippen molar-refractivity contribution in [1.82, 2.24) is 25.1 Å². The number of aryl methyl sites for hydroxylation is 1. The SMILES string of the molecule is Cn1nc(N2CCC(=O)NC2=O)c2cc(F)c(N3CCC(CCNC(=O)Nc4ccc5c(F)c(N6CC(=O)NS6(=O)=O)c(OCc6ccccc6)cc5c4)CC3)cc21. The van der Waals surface area contributed by atoms with Gasteiger partial charge in [0.2, 0.25) is 5.91 Å². The highest BCUT2D eigenvalue weighted by atomic mass is 32.2. The molecule has 5 aromatic rings. The van der Waals surface area contributed by atoms with E-state index in [-0.39, 0.29) is 42.5 Å². The predicted octanol–water partition coefficient (Wildman–Crippen LogP) is 4.64. The highest BCUT2D eigenvalue weighted by molar-refractivity contribution is 7.92. The molecule has 3 aliphatic rings. The maximum absolute atomic E-state index is 16.1. The topological polar surface area (TPSA) is 187 Å². The molecule has 8 rings (SSSR count). The number of hydrogen-bond acceptors (Lipinski definition) is 9. The smallest absolute Gasteiger partial charge is 0.329 e. The first-order valence-electron chi connectivity index (χ1n) is 18.7. The number of fused-ring (bicyclic) bond motifs is 2. The molecular weight excluding hydrogens is 777 g/mol. The van der Waals surface area contributed by atoms with E-state index in [0.717, 1.165) is 18.4 Å². The second-order valence-corrected chi connectivity index (χ2v) is 16.0. The minimum absolute atomic E-state index is 0.00107. The summed E-state index contributed by atoms with van der Waals surface area (Å²) in [7, 11) is -2.63. The van der Waals surface area contributed by atoms with Crippen LogP contribution in [0.3, 0.4) is 0 Å². The normalized spacial score (nSPS) is 17.2. The lowest BCUT2D eigenvalue weighted by molar-refractivity contribution is -0.120. The van der Waals surface area contributed by atoms with Crippen molar-refractivity contribution in [2.75, 3.05) is 52.1 Å². The van der Waals surface area contributed by atoms with E-state index in [0.29, 0.717) is 63.8 Å². The Morgan fingerprint density at radius 2 is 1.74 bits per heavy atom. The zero-order valence-electron chi connectivity index (χ0n) is 31.3. The number of aromatic nitrogens is 2. The van der Waals surface area contributed by atoms with Gasteiger partial charge in [0, 0.05) is 56.1 Å². The van der Waals surface area contributed by atoms with E-state index in [1.807, 2.05) is 15.7 Å². The number of nitrogens with zero attached hydrogens (tertiary/aromatic N) is 5. The molecule has 0 radical (unpaired) electrons. The fraction of sp³-hybridized carbons (Fsp3) is 0.308. The highest BCUT2D eigenvalue weighted by Crippen LogP contribution is 2.40. The van der Waals surface area contributed by atoms with E-state index in [1.54, 1.807) is 48.1 Å². The standard InChI is InChI=1S/C39H39F2N9O7S/c1-47-30-20-31(29(40)19-28(30)37(45-47)49-16-12-33(51)44-39(49)54)48-14-10-23(11-15-48)9-13-42-38(53)43-26-7-8-27-25(17-26)18-32(57-22-24-5-3-2-4-6-24)36(35(27)41)50-21-34(52)46-58(50,55)56/h2-8,17-20,23H,9-16,21-22H2,1H3,(H,46,52)(H2,42,43,53)(H,44,51,54). The maximum atomic E-state index is 16.1. The van der Waals surface area contributed by atoms with E-state index in [4.69, 9.17) is 4.74 Å². The molecule has 4 aromatic carbocycles. The second kappa shape index (κ2) is 15.4. The third-order valence-corrected chi connectivity index (χ3v) is 12.0. The first-order valence-corrected chi connectivity index (χ1v) is 20.1. The number of benzene rings is 4. The molecule has 19 heteroatoms. The Morgan fingerprint density at radius 1 is 0.966 bits per heavy atom. The Hall–Kier alpha value is -6.50. The van der Waals surface area contributed by atoms with Crippen molar-refractivity contribution in [1.29, 1.82) is 0 Å². The average Bonchev–Trinajstić information content (AvgIpc) is 3.65. The number of nitrogens with one attached hydrogen (secondary N) is 4. The van der Waals surface area contributed by atoms with E-state index in [1.165, 1.54) is 29.2 Å². The van der Waals surface area contributed by atoms with Crippen molar-refractivity contribution in [3.05, 3.63) is 83.9 Å². The summed E-state index contributed by atoms with van der Waals surface area (Å²) in [4.78, 5) is 52.3. The molecule has 0 aliphatic carbocycles. The van der Waals surface area contributed by atoms with Gasteiger partial charge >= 0.3 is 22.3 Å². The summed E-state index contributed by atoms with van der Waals surface area (Å²) in [5.41, 5.74) is 1.80. The minimum atomic E-state index is -4.35. The Morgan fingerprint density at radius 3 is 2.47 bits per heavy atom. The van der Waals surface area contributed by atoms with Crippen molar-refractivity contribution < 1.29 is 41.1 Å². The summed E-state index contributed by atoms with van der Waals surface area (Å²) in [6.45, 7) is 1.13. The molecule has 0 unspecified atom stereocenters. The Bertz CT molecular complexity index is 2580. The van der Waals surface area contributed by atoms with Gasteiger partial charge in [-0.05, 0) is 72.5 Å². The third-order valence-electron chi connectivity index (χ3n) is 10.6. The lowest BCUT2D eigenvalue weighted by Gasteiger charge is -2.34. The molecule has 4 heterocycles. The molecule has 0 bridgehead atoms. The summed E-state index contributed by atoms with van der Waals surface area (Å²) in [6.07, 6.45) is 2.37. The van der Waals surface area contributed by atoms with E-state index in [2.05, 4.69) is 21.0 Å². The third kappa shape index (κ3) is 7.63. The first-order chi connectivity index (χ1) is 27.8. The van der Waals surface area contributed by atoms with E-state index < -0.39 is 52.0 Å². The average molecular weight is 816 g/mol. The van der Waals surface area contributed by atoms with Crippen LogP contribution in [0.2, 0.25) is 0 Å². The lowest BCUT2D eigenvalue weighted by Crippen LogP contribution is -2.49. The van der Waals surface area contributed by atoms with Crippen LogP contribution < -0.4 is 39.5 Å². The summed E-state index contributed by atoms with van der Waals surface area (Å²) < 4.78 is 67.2. The Labute approximate surface area is 331 Å². The minimum Gasteiger partial charge on any atom is -0.487 e. The molecule has 58 heavy (non-hydrogen) atoms. The Kier molecular flexibility index (Phi) is 10.2. The second-order valence-electron chi connectivity index (χ2n) is 14.4. The quantitative estimate of drug-likeness (QED) is 0.156. The summed E-state index contributed by atoms with van der Waals surface area (Å²) in [6, 6.07) is 17.0. The van der Waals surface area contributed by atoms with Crippen molar-refractivity contribution in [2.24, 2.45) is 13.0 Å². The van der Waals surface area contributed by atoms with Crippen LogP contribution in [0.5, 0.6) is 5.75 Å². The van der Waals surface area contributed by atoms with Gasteiger partial charge in [-0.1, -0.05) is 30.3 Å². The highest BCUT2D eigenvalue weighted by Gasteiger charge is 2.38. The molecule has 1 aromatic heterocycles. The van der Waals surface area contributed by atoms with Crippen LogP contribution in [-0.2, 0) is 33.5 Å². The number of carbonyl (C=O) groups is 4. The predicted molar refractivity (Wildman–Crippen MR) is 212 cm³/mol. The van der Waals surface area contributed by atoms with Crippen LogP contribution >= 0.6 is 0 Å². The van der Waals surface area contributed by atoms with Crippen LogP contribution in [0, 0.1) is 17.6 Å². The fourth-order valence-corrected chi connectivity index (χ4v) is 8.77. The number of halogens is 2. The fourth-order valence-electron chi connectivity index (χ4n) is 7.61. The Balaban J connectivity index is 0.884. The number of anilines is 4. The largest absolute Gasteiger partial charge is 0.487 e. The number of carbonyl (C=O) groups excluding carboxylic acids is 4. The van der Waals surface area contributed by atoms with Crippen molar-refractivity contribution in [3.8, 4) is 5.75 Å². The number of imide groups is 1. The van der Waals surface area contributed by atoms with Gasteiger partial charge in [-0.25, -0.2) is 27.4 Å². The van der Waals surface area contributed by atoms with Gasteiger partial charge in [-0.15, -0.1) is 0 Å². The van der Waals surface area contributed by atoms with Crippen molar-refractivity contribution in [3.63, 3.8) is 0 Å². The zero-order chi connectivity index (χ0) is 40.7. The molecule has 0 saturated carbocycles. The molecule has 6 amide bonds. The van der Waals surface area contributed by atoms with Gasteiger partial charge in [0.15, 0.2) is 11.6 Å². The molecule has 3 saturated heterocycles. The number of hydrogen-bond donors (Lipinski definition) is 4. The lowest BCUT2D eigenvalue weighted by atomic mass is 9.93. The monoisotopic (exact) mass is 815 g/mol. The number of urea groups is 2. The van der Waals surface area contributed by atoms with Gasteiger partial charge in [0.05, 0.1) is 11.2 Å². The van der Waals surface area contributed by atoms with E-state index >= 15 is 8.78 Å². The maximum Gasteiger partial charge on any atom is 0.329 e. The molecule has 302 valence electrons. The number of ether oxygens (including phenoxy) is 1. The van der Waals surface area contributed by atoms with Crippen LogP contribution in [0.15, 0.2) is 66.7 Å². The first kappa shape index (κ1) is 38.4. The molecule has 0 atom stereocenters. The summed E-state index contributed by atoms with van der Waals surface area (Å²) >= 11 is 0. The van der Waals surface area contributed by atoms with Crippen molar-refractivity contribution >= 4 is 78.6 Å². The molecule has 16 nitrogen and oxygen atoms in total. The van der Waals surface area contributed by atoms with Crippen LogP contribution in [0.1, 0.15) is 31.2 Å². The van der Waals surface area contributed by atoms with Crippen LogP contribution in [0.25, 0.3) is 21.7 Å². The summed E-state index contributed by atoms with van der Waals surface area (Å²) in [5, 5.41) is 13.2. The number of amides is 6. The van der Waals surface area contributed by atoms with Crippen LogP contribution in [-0.4, -0.2) is 74.8 Å². The van der Waals surface area contributed by atoms with Gasteiger partial charge in [0.25, 0.3) is 5.91 Å².